The monoisotopic (exact) mass is 510 g/mol. The van der Waals surface area contributed by atoms with Gasteiger partial charge in [0.25, 0.3) is 0 Å². The fourth-order valence-electron chi connectivity index (χ4n) is 5.14. The lowest BCUT2D eigenvalue weighted by Gasteiger charge is -2.48. The number of hydrogen-bond donors (Lipinski definition) is 7. The summed E-state index contributed by atoms with van der Waals surface area (Å²) in [6.07, 6.45) is -15.1. The van der Waals surface area contributed by atoms with E-state index in [4.69, 9.17) is 23.7 Å². The van der Waals surface area contributed by atoms with Crippen LogP contribution >= 0.6 is 0 Å². The van der Waals surface area contributed by atoms with E-state index in [2.05, 4.69) is 0 Å². The topological polar surface area (TPSA) is 188 Å². The summed E-state index contributed by atoms with van der Waals surface area (Å²) in [5.41, 5.74) is 0. The van der Waals surface area contributed by atoms with Crippen molar-refractivity contribution in [1.29, 1.82) is 0 Å². The smallest absolute Gasteiger partial charge is 0.187 e. The van der Waals surface area contributed by atoms with Crippen LogP contribution in [0.25, 0.3) is 0 Å². The summed E-state index contributed by atoms with van der Waals surface area (Å²) < 4.78 is 29.0. The van der Waals surface area contributed by atoms with Crippen LogP contribution in [0.3, 0.4) is 0 Å². The molecular weight excluding hydrogens is 468 g/mol. The van der Waals surface area contributed by atoms with Gasteiger partial charge < -0.3 is 59.4 Å². The molecule has 3 heterocycles. The van der Waals surface area contributed by atoms with Crippen molar-refractivity contribution in [2.24, 2.45) is 5.92 Å². The first kappa shape index (κ1) is 29.1. The van der Waals surface area contributed by atoms with Crippen molar-refractivity contribution in [1.82, 2.24) is 0 Å². The lowest BCUT2D eigenvalue weighted by molar-refractivity contribution is -0.370. The summed E-state index contributed by atoms with van der Waals surface area (Å²) in [6.45, 7) is 6.77. The van der Waals surface area contributed by atoms with Crippen molar-refractivity contribution in [2.45, 2.75) is 133 Å². The molecule has 35 heavy (non-hydrogen) atoms. The Bertz CT molecular complexity index is 650. The molecule has 0 aromatic carbocycles. The molecule has 3 aliphatic rings. The van der Waals surface area contributed by atoms with E-state index in [9.17, 15) is 35.7 Å². The Morgan fingerprint density at radius 3 is 1.60 bits per heavy atom. The minimum Gasteiger partial charge on any atom is -0.394 e. The van der Waals surface area contributed by atoms with Gasteiger partial charge in [0.05, 0.1) is 31.0 Å². The fraction of sp³-hybridized carbons (Fsp3) is 1.00. The molecule has 0 amide bonds. The molecule has 15 atom stereocenters. The average molecular weight is 511 g/mol. The Labute approximate surface area is 205 Å². The second-order valence-corrected chi connectivity index (χ2v) is 9.71. The van der Waals surface area contributed by atoms with Crippen LogP contribution in [0.2, 0.25) is 0 Å². The number of ether oxygens (including phenoxy) is 5. The Hall–Kier alpha value is -0.480. The molecule has 206 valence electrons. The van der Waals surface area contributed by atoms with E-state index in [0.29, 0.717) is 19.3 Å². The first-order valence-electron chi connectivity index (χ1n) is 12.6. The predicted molar refractivity (Wildman–Crippen MR) is 119 cm³/mol. The minimum atomic E-state index is -1.63. The normalized spacial score (nSPS) is 51.3. The third-order valence-electron chi connectivity index (χ3n) is 7.46. The van der Waals surface area contributed by atoms with E-state index in [1.807, 2.05) is 6.92 Å². The maximum atomic E-state index is 11.0. The van der Waals surface area contributed by atoms with Crippen LogP contribution in [-0.2, 0) is 23.7 Å². The van der Waals surface area contributed by atoms with Gasteiger partial charge in [-0.25, -0.2) is 0 Å². The molecule has 12 heteroatoms. The maximum absolute atomic E-state index is 11.0. The number of rotatable bonds is 8. The lowest BCUT2D eigenvalue weighted by atomic mass is 9.86. The Kier molecular flexibility index (Phi) is 10.3. The molecule has 3 saturated heterocycles. The van der Waals surface area contributed by atoms with Crippen LogP contribution in [0, 0.1) is 5.92 Å². The largest absolute Gasteiger partial charge is 0.394 e. The van der Waals surface area contributed by atoms with Crippen LogP contribution in [-0.4, -0.2) is 128 Å². The fourth-order valence-corrected chi connectivity index (χ4v) is 5.14. The zero-order valence-electron chi connectivity index (χ0n) is 20.7. The van der Waals surface area contributed by atoms with Crippen LogP contribution in [0.15, 0.2) is 0 Å². The molecular formula is C23H42O12. The van der Waals surface area contributed by atoms with Gasteiger partial charge in [-0.1, -0.05) is 27.7 Å². The Morgan fingerprint density at radius 2 is 1.06 bits per heavy atom. The first-order valence-corrected chi connectivity index (χ1v) is 12.6. The molecule has 0 saturated carbocycles. The Morgan fingerprint density at radius 1 is 0.543 bits per heavy atom. The SMILES string of the molecule is CCC1OC(CO)C(OC2OC(CC)C(O)C(OC3OC(CC)C(O)C(O)C3O)C2O)C(O)C1C. The highest BCUT2D eigenvalue weighted by Gasteiger charge is 2.52. The van der Waals surface area contributed by atoms with E-state index >= 15 is 0 Å². The summed E-state index contributed by atoms with van der Waals surface area (Å²) >= 11 is 0. The van der Waals surface area contributed by atoms with Crippen LogP contribution < -0.4 is 0 Å². The minimum absolute atomic E-state index is 0.279. The molecule has 15 unspecified atom stereocenters. The molecule has 0 spiro atoms. The second kappa shape index (κ2) is 12.4. The first-order chi connectivity index (χ1) is 16.6. The highest BCUT2D eigenvalue weighted by Crippen LogP contribution is 2.35. The van der Waals surface area contributed by atoms with Crippen molar-refractivity contribution in [3.8, 4) is 0 Å². The van der Waals surface area contributed by atoms with Crippen LogP contribution in [0.5, 0.6) is 0 Å². The number of aliphatic hydroxyl groups excluding tert-OH is 7. The molecule has 3 fully saturated rings. The van der Waals surface area contributed by atoms with E-state index in [1.54, 1.807) is 20.8 Å². The summed E-state index contributed by atoms with van der Waals surface area (Å²) in [7, 11) is 0. The van der Waals surface area contributed by atoms with Crippen molar-refractivity contribution in [2.75, 3.05) is 6.61 Å². The average Bonchev–Trinajstić information content (AvgIpc) is 2.86. The molecule has 3 rings (SSSR count). The van der Waals surface area contributed by atoms with Gasteiger partial charge in [-0.05, 0) is 19.3 Å². The third-order valence-corrected chi connectivity index (χ3v) is 7.46. The van der Waals surface area contributed by atoms with Gasteiger partial charge in [-0.3, -0.25) is 0 Å². The summed E-state index contributed by atoms with van der Waals surface area (Å²) in [6, 6.07) is 0. The van der Waals surface area contributed by atoms with E-state index < -0.39 is 86.3 Å². The van der Waals surface area contributed by atoms with Gasteiger partial charge in [0, 0.05) is 5.92 Å². The number of aliphatic hydroxyl groups is 7. The summed E-state index contributed by atoms with van der Waals surface area (Å²) in [4.78, 5) is 0. The molecule has 3 aliphatic heterocycles. The second-order valence-electron chi connectivity index (χ2n) is 9.71. The van der Waals surface area contributed by atoms with Crippen molar-refractivity contribution < 1.29 is 59.4 Å². The van der Waals surface area contributed by atoms with Gasteiger partial charge in [0.1, 0.15) is 48.8 Å². The Balaban J connectivity index is 1.78. The third kappa shape index (κ3) is 5.84. The predicted octanol–water partition coefficient (Wildman–Crippen LogP) is -2.00. The maximum Gasteiger partial charge on any atom is 0.187 e. The molecule has 0 bridgehead atoms. The summed E-state index contributed by atoms with van der Waals surface area (Å²) in [5.74, 6) is -0.308. The molecule has 0 radical (unpaired) electrons. The molecule has 0 aromatic rings. The molecule has 12 nitrogen and oxygen atoms in total. The van der Waals surface area contributed by atoms with Gasteiger partial charge in [-0.2, -0.15) is 0 Å². The zero-order valence-corrected chi connectivity index (χ0v) is 20.7. The van der Waals surface area contributed by atoms with Crippen molar-refractivity contribution in [3.63, 3.8) is 0 Å². The van der Waals surface area contributed by atoms with Gasteiger partial charge in [-0.15, -0.1) is 0 Å². The highest BCUT2D eigenvalue weighted by atomic mass is 16.7. The lowest BCUT2D eigenvalue weighted by Crippen LogP contribution is -2.65. The number of hydrogen-bond acceptors (Lipinski definition) is 12. The van der Waals surface area contributed by atoms with E-state index in [0.717, 1.165) is 0 Å². The molecule has 7 N–H and O–H groups in total. The standard InChI is InChI=1S/C23H42O12/c1-5-10-9(4)14(25)20(13(8-24)31-10)34-23-19(30)21(16(27)12(7-3)33-23)35-22-18(29)17(28)15(26)11(6-2)32-22/h9-30H,5-8H2,1-4H3. The van der Waals surface area contributed by atoms with Gasteiger partial charge >= 0.3 is 0 Å². The molecule has 0 aromatic heterocycles. The highest BCUT2D eigenvalue weighted by molar-refractivity contribution is 4.96. The van der Waals surface area contributed by atoms with Gasteiger partial charge in [0.2, 0.25) is 0 Å². The van der Waals surface area contributed by atoms with Crippen LogP contribution in [0.4, 0.5) is 0 Å². The zero-order chi connectivity index (χ0) is 26.0. The quantitative estimate of drug-likeness (QED) is 0.191. The van der Waals surface area contributed by atoms with Crippen molar-refractivity contribution in [3.05, 3.63) is 0 Å². The van der Waals surface area contributed by atoms with E-state index in [1.165, 1.54) is 0 Å². The van der Waals surface area contributed by atoms with Crippen molar-refractivity contribution >= 4 is 0 Å². The van der Waals surface area contributed by atoms with E-state index in [-0.39, 0.29) is 12.0 Å². The molecule has 0 aliphatic carbocycles. The van der Waals surface area contributed by atoms with Crippen LogP contribution in [0.1, 0.15) is 47.0 Å². The van der Waals surface area contributed by atoms with Gasteiger partial charge in [0.15, 0.2) is 12.6 Å². The summed E-state index contributed by atoms with van der Waals surface area (Å²) in [5, 5.41) is 73.2.